The van der Waals surface area contributed by atoms with Crippen LogP contribution in [-0.2, 0) is 26.1 Å². The predicted octanol–water partition coefficient (Wildman–Crippen LogP) is 4.06. The van der Waals surface area contributed by atoms with Gasteiger partial charge in [0.25, 0.3) is 15.9 Å². The molecule has 1 saturated heterocycles. The number of hydrogen-bond acceptors (Lipinski definition) is 7. The monoisotopic (exact) mass is 539 g/mol. The minimum Gasteiger partial charge on any atom is -0.465 e. The molecule has 1 aromatic carbocycles. The van der Waals surface area contributed by atoms with Crippen LogP contribution in [-0.4, -0.2) is 48.9 Å². The van der Waals surface area contributed by atoms with E-state index < -0.39 is 27.9 Å². The number of sulfonamides is 1. The number of esters is 1. The second kappa shape index (κ2) is 10.1. The summed E-state index contributed by atoms with van der Waals surface area (Å²) in [6.45, 7) is 4.41. The van der Waals surface area contributed by atoms with Crippen molar-refractivity contribution in [1.82, 2.24) is 8.87 Å². The van der Waals surface area contributed by atoms with Crippen LogP contribution in [0, 0.1) is 0 Å². The molecule has 1 aliphatic rings. The minimum atomic E-state index is -3.88. The first kappa shape index (κ1) is 24.8. The molecule has 1 unspecified atom stereocenters. The Balaban J connectivity index is 1.75. The number of thiophene rings is 1. The molecule has 0 N–H and O–H groups in total. The number of aromatic nitrogens is 1. The molecule has 0 saturated carbocycles. The van der Waals surface area contributed by atoms with Crippen LogP contribution in [0.3, 0.4) is 0 Å². The van der Waals surface area contributed by atoms with E-state index >= 15 is 0 Å². The van der Waals surface area contributed by atoms with E-state index in [1.54, 1.807) is 24.3 Å². The van der Waals surface area contributed by atoms with E-state index in [9.17, 15) is 18.0 Å². The standard InChI is InChI=1S/C22H22ClN3O5S3/c1-3-11-25-15-8-7-14(21(28)31-2)13-17(15)32-22(25)24-20(27)16-6-4-5-12-26(16)34(29,30)19-10-9-18(23)33-19/h3,7-10,13,16H,1,4-6,11-12H2,2H3. The van der Waals surface area contributed by atoms with Gasteiger partial charge in [-0.3, -0.25) is 4.79 Å². The van der Waals surface area contributed by atoms with Gasteiger partial charge in [0.15, 0.2) is 4.80 Å². The molecule has 3 heterocycles. The number of piperidine rings is 1. The fraction of sp³-hybridized carbons (Fsp3) is 0.318. The number of methoxy groups -OCH3 is 1. The number of rotatable bonds is 6. The molecule has 3 aromatic rings. The molecule has 8 nitrogen and oxygen atoms in total. The molecule has 0 bridgehead atoms. The summed E-state index contributed by atoms with van der Waals surface area (Å²) in [5, 5.41) is 0. The fourth-order valence-electron chi connectivity index (χ4n) is 3.87. The van der Waals surface area contributed by atoms with E-state index in [1.807, 2.05) is 4.57 Å². The molecule has 0 spiro atoms. The Morgan fingerprint density at radius 2 is 2.06 bits per heavy atom. The van der Waals surface area contributed by atoms with E-state index in [2.05, 4.69) is 11.6 Å². The first-order valence-electron chi connectivity index (χ1n) is 10.4. The summed E-state index contributed by atoms with van der Waals surface area (Å²) in [6, 6.07) is 7.19. The molecule has 12 heteroatoms. The SMILES string of the molecule is C=CCn1c(=NC(=O)C2CCCCN2S(=O)(=O)c2ccc(Cl)s2)sc2cc(C(=O)OC)ccc21. The van der Waals surface area contributed by atoms with Crippen LogP contribution in [0.4, 0.5) is 0 Å². The molecule has 0 radical (unpaired) electrons. The van der Waals surface area contributed by atoms with E-state index in [1.165, 1.54) is 34.9 Å². The lowest BCUT2D eigenvalue weighted by Gasteiger charge is -2.31. The number of amides is 1. The van der Waals surface area contributed by atoms with E-state index in [-0.39, 0.29) is 10.8 Å². The van der Waals surface area contributed by atoms with Crippen LogP contribution in [0.1, 0.15) is 29.6 Å². The van der Waals surface area contributed by atoms with Gasteiger partial charge in [0.1, 0.15) is 10.3 Å². The normalized spacial score (nSPS) is 17.7. The summed E-state index contributed by atoms with van der Waals surface area (Å²) in [5.41, 5.74) is 1.17. The molecule has 180 valence electrons. The molecule has 2 aromatic heterocycles. The highest BCUT2D eigenvalue weighted by molar-refractivity contribution is 7.91. The van der Waals surface area contributed by atoms with Crippen molar-refractivity contribution in [3.05, 3.63) is 57.7 Å². The third kappa shape index (κ3) is 4.76. The summed E-state index contributed by atoms with van der Waals surface area (Å²) >= 11 is 8.16. The van der Waals surface area contributed by atoms with Crippen molar-refractivity contribution >= 4 is 66.4 Å². The van der Waals surface area contributed by atoms with Gasteiger partial charge in [-0.15, -0.1) is 17.9 Å². The van der Waals surface area contributed by atoms with Crippen molar-refractivity contribution in [3.63, 3.8) is 0 Å². The van der Waals surface area contributed by atoms with Crippen LogP contribution in [0.25, 0.3) is 10.2 Å². The van der Waals surface area contributed by atoms with Crippen molar-refractivity contribution < 1.29 is 22.7 Å². The largest absolute Gasteiger partial charge is 0.465 e. The maximum absolute atomic E-state index is 13.3. The van der Waals surface area contributed by atoms with E-state index in [0.29, 0.717) is 34.1 Å². The molecule has 1 amide bonds. The van der Waals surface area contributed by atoms with Gasteiger partial charge >= 0.3 is 5.97 Å². The average Bonchev–Trinajstić information content (AvgIpc) is 3.42. The Hall–Kier alpha value is -2.31. The molecule has 34 heavy (non-hydrogen) atoms. The number of halogens is 1. The van der Waals surface area contributed by atoms with Crippen LogP contribution in [0.5, 0.6) is 0 Å². The molecule has 1 fully saturated rings. The lowest BCUT2D eigenvalue weighted by atomic mass is 10.0. The molecular weight excluding hydrogens is 518 g/mol. The smallest absolute Gasteiger partial charge is 0.337 e. The second-order valence-electron chi connectivity index (χ2n) is 7.59. The maximum atomic E-state index is 13.3. The zero-order valence-corrected chi connectivity index (χ0v) is 21.5. The van der Waals surface area contributed by atoms with Gasteiger partial charge in [0.2, 0.25) is 0 Å². The first-order valence-corrected chi connectivity index (χ1v) is 13.9. The van der Waals surface area contributed by atoms with Crippen molar-refractivity contribution in [2.24, 2.45) is 4.99 Å². The van der Waals surface area contributed by atoms with Gasteiger partial charge in [-0.05, 0) is 43.2 Å². The van der Waals surface area contributed by atoms with Gasteiger partial charge in [0.05, 0.1) is 27.2 Å². The fourth-order valence-corrected chi connectivity index (χ4v) is 8.22. The average molecular weight is 540 g/mol. The van der Waals surface area contributed by atoms with Crippen LogP contribution < -0.4 is 4.80 Å². The maximum Gasteiger partial charge on any atom is 0.337 e. The highest BCUT2D eigenvalue weighted by Crippen LogP contribution is 2.32. The lowest BCUT2D eigenvalue weighted by molar-refractivity contribution is -0.122. The third-order valence-corrected chi connectivity index (χ3v) is 10.1. The Labute approximate surface area is 209 Å². The van der Waals surface area contributed by atoms with Crippen LogP contribution in [0.2, 0.25) is 4.34 Å². The first-order chi connectivity index (χ1) is 16.3. The zero-order chi connectivity index (χ0) is 24.5. The number of fused-ring (bicyclic) bond motifs is 1. The second-order valence-corrected chi connectivity index (χ2v) is 12.4. The van der Waals surface area contributed by atoms with Gasteiger partial charge in [-0.1, -0.05) is 35.4 Å². The number of benzene rings is 1. The molecule has 4 rings (SSSR count). The van der Waals surface area contributed by atoms with Gasteiger partial charge in [-0.25, -0.2) is 13.2 Å². The minimum absolute atomic E-state index is 0.108. The van der Waals surface area contributed by atoms with Gasteiger partial charge in [-0.2, -0.15) is 9.30 Å². The van der Waals surface area contributed by atoms with Crippen LogP contribution in [0.15, 0.2) is 52.2 Å². The number of carbonyl (C=O) groups is 2. The quantitative estimate of drug-likeness (QED) is 0.347. The third-order valence-electron chi connectivity index (χ3n) is 5.47. The summed E-state index contributed by atoms with van der Waals surface area (Å²) < 4.78 is 35.5. The highest BCUT2D eigenvalue weighted by Gasteiger charge is 2.38. The number of allylic oxidation sites excluding steroid dienone is 1. The number of ether oxygens (including phenoxy) is 1. The summed E-state index contributed by atoms with van der Waals surface area (Å²) in [4.78, 5) is 30.0. The van der Waals surface area contributed by atoms with Crippen molar-refractivity contribution in [1.29, 1.82) is 0 Å². The summed E-state index contributed by atoms with van der Waals surface area (Å²) in [6.07, 6.45) is 3.46. The Bertz CT molecular complexity index is 1440. The number of hydrogen-bond donors (Lipinski definition) is 0. The number of thiazole rings is 1. The Morgan fingerprint density at radius 1 is 1.26 bits per heavy atom. The van der Waals surface area contributed by atoms with E-state index in [4.69, 9.17) is 16.3 Å². The Kier molecular flexibility index (Phi) is 7.39. The van der Waals surface area contributed by atoms with E-state index in [0.717, 1.165) is 28.0 Å². The predicted molar refractivity (Wildman–Crippen MR) is 133 cm³/mol. The van der Waals surface area contributed by atoms with Crippen molar-refractivity contribution in [3.8, 4) is 0 Å². The summed E-state index contributed by atoms with van der Waals surface area (Å²) in [7, 11) is -2.56. The van der Waals surface area contributed by atoms with Gasteiger partial charge < -0.3 is 9.30 Å². The zero-order valence-electron chi connectivity index (χ0n) is 18.3. The molecule has 1 aliphatic heterocycles. The summed E-state index contributed by atoms with van der Waals surface area (Å²) in [5.74, 6) is -0.986. The number of carbonyl (C=O) groups excluding carboxylic acids is 2. The van der Waals surface area contributed by atoms with Crippen LogP contribution >= 0.6 is 34.3 Å². The molecule has 1 atom stereocenters. The Morgan fingerprint density at radius 3 is 2.74 bits per heavy atom. The highest BCUT2D eigenvalue weighted by atomic mass is 35.5. The van der Waals surface area contributed by atoms with Crippen molar-refractivity contribution in [2.75, 3.05) is 13.7 Å². The molecular formula is C22H22ClN3O5S3. The number of nitrogens with zero attached hydrogens (tertiary/aromatic N) is 3. The topological polar surface area (TPSA) is 98.0 Å². The molecule has 0 aliphatic carbocycles. The lowest BCUT2D eigenvalue weighted by Crippen LogP contribution is -2.47. The van der Waals surface area contributed by atoms with Gasteiger partial charge in [0, 0.05) is 13.1 Å². The van der Waals surface area contributed by atoms with Crippen molar-refractivity contribution in [2.45, 2.75) is 36.1 Å².